The summed E-state index contributed by atoms with van der Waals surface area (Å²) in [7, 11) is 1.91. The molecule has 5 rings (SSSR count). The highest BCUT2D eigenvalue weighted by Crippen LogP contribution is 2.58. The van der Waals surface area contributed by atoms with Crippen LogP contribution in [-0.2, 0) is 7.05 Å². The quantitative estimate of drug-likeness (QED) is 0.759. The molecular formula is C20H24FN3OS. The first-order chi connectivity index (χ1) is 12.3. The van der Waals surface area contributed by atoms with E-state index in [4.69, 9.17) is 0 Å². The molecule has 138 valence electrons. The fraction of sp³-hybridized carbons (Fsp3) is 0.450. The van der Waals surface area contributed by atoms with E-state index in [0.29, 0.717) is 22.5 Å². The van der Waals surface area contributed by atoms with Gasteiger partial charge in [-0.2, -0.15) is 0 Å². The highest BCUT2D eigenvalue weighted by Gasteiger charge is 2.56. The van der Waals surface area contributed by atoms with Gasteiger partial charge in [0.1, 0.15) is 11.5 Å². The summed E-state index contributed by atoms with van der Waals surface area (Å²) < 4.78 is 19.0. The molecule has 0 radical (unpaired) electrons. The molecule has 1 heterocycles. The molecule has 1 aromatic heterocycles. The van der Waals surface area contributed by atoms with Crippen LogP contribution >= 0.6 is 11.9 Å². The fourth-order valence-electron chi connectivity index (χ4n) is 4.10. The third-order valence-corrected chi connectivity index (χ3v) is 7.24. The van der Waals surface area contributed by atoms with Gasteiger partial charge in [-0.15, -0.1) is 0 Å². The van der Waals surface area contributed by atoms with Crippen molar-refractivity contribution in [3.63, 3.8) is 0 Å². The molecule has 3 saturated carbocycles. The smallest absolute Gasteiger partial charge is 0.272 e. The average molecular weight is 373 g/mol. The molecule has 0 saturated heterocycles. The van der Waals surface area contributed by atoms with E-state index in [9.17, 15) is 9.18 Å². The Balaban J connectivity index is 1.54. The zero-order valence-corrected chi connectivity index (χ0v) is 16.4. The van der Waals surface area contributed by atoms with Crippen molar-refractivity contribution in [2.24, 2.45) is 13.0 Å². The lowest BCUT2D eigenvalue weighted by Gasteiger charge is -2.61. The molecule has 2 bridgehead atoms. The minimum Gasteiger partial charge on any atom is -0.343 e. The zero-order chi connectivity index (χ0) is 18.6. The van der Waals surface area contributed by atoms with E-state index in [2.05, 4.69) is 10.0 Å². The Kier molecular flexibility index (Phi) is 4.15. The second-order valence-electron chi connectivity index (χ2n) is 7.83. The van der Waals surface area contributed by atoms with Gasteiger partial charge in [-0.05, 0) is 87.2 Å². The second-order valence-corrected chi connectivity index (χ2v) is 8.64. The normalized spacial score (nSPS) is 23.3. The van der Waals surface area contributed by atoms with Gasteiger partial charge in [-0.25, -0.2) is 4.39 Å². The van der Waals surface area contributed by atoms with Gasteiger partial charge in [0.2, 0.25) is 0 Å². The minimum absolute atomic E-state index is 0.170. The van der Waals surface area contributed by atoms with Gasteiger partial charge in [0.05, 0.1) is 0 Å². The van der Waals surface area contributed by atoms with Crippen molar-refractivity contribution in [3.8, 4) is 0 Å². The van der Waals surface area contributed by atoms with Crippen LogP contribution in [0.4, 0.5) is 10.1 Å². The second kappa shape index (κ2) is 6.13. The van der Waals surface area contributed by atoms with Crippen LogP contribution in [-0.4, -0.2) is 16.0 Å². The molecule has 1 aromatic carbocycles. The summed E-state index contributed by atoms with van der Waals surface area (Å²) in [6, 6.07) is 4.62. The third kappa shape index (κ3) is 2.76. The first kappa shape index (κ1) is 17.6. The zero-order valence-electron chi connectivity index (χ0n) is 15.6. The highest BCUT2D eigenvalue weighted by molar-refractivity contribution is 7.97. The van der Waals surface area contributed by atoms with E-state index in [-0.39, 0.29) is 11.7 Å². The van der Waals surface area contributed by atoms with Crippen LogP contribution in [0.3, 0.4) is 0 Å². The monoisotopic (exact) mass is 373 g/mol. The van der Waals surface area contributed by atoms with Crippen LogP contribution in [0.15, 0.2) is 23.1 Å². The predicted octanol–water partition coefficient (Wildman–Crippen LogP) is 4.49. The summed E-state index contributed by atoms with van der Waals surface area (Å²) in [4.78, 5) is 14.0. The van der Waals surface area contributed by atoms with Crippen LogP contribution in [0, 0.1) is 32.5 Å². The molecule has 3 aliphatic rings. The summed E-state index contributed by atoms with van der Waals surface area (Å²) in [5, 5.41) is 2.89. The van der Waals surface area contributed by atoms with Gasteiger partial charge < -0.3 is 9.88 Å². The number of amides is 1. The molecular weight excluding hydrogens is 349 g/mol. The van der Waals surface area contributed by atoms with Crippen LogP contribution in [0.1, 0.15) is 46.6 Å². The molecule has 2 N–H and O–H groups in total. The largest absolute Gasteiger partial charge is 0.343 e. The van der Waals surface area contributed by atoms with Gasteiger partial charge in [0.15, 0.2) is 0 Å². The number of rotatable bonds is 5. The van der Waals surface area contributed by atoms with Gasteiger partial charge >= 0.3 is 0 Å². The highest BCUT2D eigenvalue weighted by atomic mass is 32.2. The van der Waals surface area contributed by atoms with Crippen molar-refractivity contribution in [2.75, 3.05) is 5.32 Å². The fourth-order valence-corrected chi connectivity index (χ4v) is 5.20. The lowest BCUT2D eigenvalue weighted by molar-refractivity contribution is -0.0296. The van der Waals surface area contributed by atoms with Crippen molar-refractivity contribution in [2.45, 2.75) is 50.5 Å². The number of aromatic nitrogens is 1. The Bertz CT molecular complexity index is 888. The minimum atomic E-state index is -0.271. The van der Waals surface area contributed by atoms with Gasteiger partial charge in [0, 0.05) is 28.9 Å². The van der Waals surface area contributed by atoms with E-state index in [1.807, 2.05) is 25.5 Å². The molecule has 1 amide bonds. The molecule has 26 heavy (non-hydrogen) atoms. The number of hydrogen-bond donors (Lipinski definition) is 2. The lowest BCUT2D eigenvalue weighted by atomic mass is 9.50. The summed E-state index contributed by atoms with van der Waals surface area (Å²) in [5.74, 6) is 0.491. The maximum Gasteiger partial charge on any atom is 0.272 e. The van der Waals surface area contributed by atoms with Crippen molar-refractivity contribution >= 4 is 23.5 Å². The number of anilines is 1. The van der Waals surface area contributed by atoms with Crippen LogP contribution in [0.2, 0.25) is 0 Å². The number of carbonyl (C=O) groups is 1. The van der Waals surface area contributed by atoms with E-state index in [1.165, 1.54) is 25.3 Å². The Morgan fingerprint density at radius 3 is 2.54 bits per heavy atom. The average Bonchev–Trinajstić information content (AvgIpc) is 2.71. The predicted molar refractivity (Wildman–Crippen MR) is 103 cm³/mol. The first-order valence-electron chi connectivity index (χ1n) is 8.97. The standard InChI is InChI=1S/C20H24FN3OS/c1-11-7-15(5-6-16(11)21)22-19(25)17-12(2)18(13(3)24(17)4)26-23-20-8-14(9-20)10-20/h5-7,14,23H,8-10H2,1-4H3,(H,22,25). The number of benzene rings is 1. The molecule has 0 atom stereocenters. The molecule has 3 aliphatic carbocycles. The van der Waals surface area contributed by atoms with Gasteiger partial charge in [0.25, 0.3) is 5.91 Å². The molecule has 0 spiro atoms. The summed E-state index contributed by atoms with van der Waals surface area (Å²) in [5.41, 5.74) is 4.15. The topological polar surface area (TPSA) is 46.1 Å². The number of nitrogens with zero attached hydrogens (tertiary/aromatic N) is 1. The number of halogens is 1. The summed E-state index contributed by atoms with van der Waals surface area (Å²) in [6.45, 7) is 5.72. The van der Waals surface area contributed by atoms with Crippen molar-refractivity contribution in [1.82, 2.24) is 9.29 Å². The molecule has 3 fully saturated rings. The summed E-state index contributed by atoms with van der Waals surface area (Å²) >= 11 is 1.66. The third-order valence-electron chi connectivity index (χ3n) is 5.90. The van der Waals surface area contributed by atoms with Crippen molar-refractivity contribution in [3.05, 3.63) is 46.5 Å². The maximum atomic E-state index is 13.4. The number of hydrogen-bond acceptors (Lipinski definition) is 3. The van der Waals surface area contributed by atoms with Crippen molar-refractivity contribution in [1.29, 1.82) is 0 Å². The number of nitrogens with one attached hydrogen (secondary N) is 2. The van der Waals surface area contributed by atoms with E-state index in [0.717, 1.165) is 22.1 Å². The van der Waals surface area contributed by atoms with Gasteiger partial charge in [-0.1, -0.05) is 0 Å². The molecule has 4 nitrogen and oxygen atoms in total. The molecule has 2 aromatic rings. The van der Waals surface area contributed by atoms with E-state index < -0.39 is 0 Å². The van der Waals surface area contributed by atoms with Crippen molar-refractivity contribution < 1.29 is 9.18 Å². The molecule has 0 unspecified atom stereocenters. The van der Waals surface area contributed by atoms with Gasteiger partial charge in [-0.3, -0.25) is 9.52 Å². The van der Waals surface area contributed by atoms with Crippen LogP contribution in [0.25, 0.3) is 0 Å². The lowest BCUT2D eigenvalue weighted by Crippen LogP contribution is -2.64. The van der Waals surface area contributed by atoms with E-state index >= 15 is 0 Å². The molecule has 0 aliphatic heterocycles. The Labute approximate surface area is 157 Å². The SMILES string of the molecule is Cc1cc(NC(=O)c2c(C)c(SNC34CC(C3)C4)c(C)n2C)ccc1F. The number of aryl methyl sites for hydroxylation is 1. The Morgan fingerprint density at radius 1 is 1.27 bits per heavy atom. The number of carbonyl (C=O) groups excluding carboxylic acids is 1. The first-order valence-corrected chi connectivity index (χ1v) is 9.79. The Hall–Kier alpha value is -1.79. The summed E-state index contributed by atoms with van der Waals surface area (Å²) in [6.07, 6.45) is 3.84. The van der Waals surface area contributed by atoms with Crippen LogP contribution < -0.4 is 10.0 Å². The van der Waals surface area contributed by atoms with Crippen LogP contribution in [0.5, 0.6) is 0 Å². The molecule has 6 heteroatoms. The Morgan fingerprint density at radius 2 is 1.96 bits per heavy atom. The van der Waals surface area contributed by atoms with E-state index in [1.54, 1.807) is 31.0 Å². The maximum absolute atomic E-state index is 13.4.